The van der Waals surface area contributed by atoms with Gasteiger partial charge < -0.3 is 48.9 Å². The van der Waals surface area contributed by atoms with Crippen molar-refractivity contribution >= 4 is 89.5 Å². The molecule has 115 heavy (non-hydrogen) atoms. The Balaban J connectivity index is 0.000000181. The number of rotatable bonds is 8. The highest BCUT2D eigenvalue weighted by Gasteiger charge is 2.65. The third-order valence-electron chi connectivity index (χ3n) is 26.5. The molecule has 14 atom stereocenters. The van der Waals surface area contributed by atoms with E-state index in [0.717, 1.165) is 128 Å². The van der Waals surface area contributed by atoms with Crippen LogP contribution in [0, 0.1) is 35.5 Å². The van der Waals surface area contributed by atoms with E-state index in [1.54, 1.807) is 33.3 Å². The number of nitrogens with zero attached hydrogens (tertiary/aromatic N) is 6. The number of esters is 2. The zero-order chi connectivity index (χ0) is 80.4. The zero-order valence-corrected chi connectivity index (χ0v) is 68.1. The van der Waals surface area contributed by atoms with E-state index in [1.807, 2.05) is 48.6 Å². The molecule has 12 aliphatic rings. The van der Waals surface area contributed by atoms with Crippen molar-refractivity contribution < 1.29 is 83.6 Å². The fourth-order valence-corrected chi connectivity index (χ4v) is 21.5. The van der Waals surface area contributed by atoms with Gasteiger partial charge in [-0.2, -0.15) is 0 Å². The Labute approximate surface area is 673 Å². The van der Waals surface area contributed by atoms with E-state index in [9.17, 15) is 55.2 Å². The molecule has 2 aromatic carbocycles. The van der Waals surface area contributed by atoms with Gasteiger partial charge in [0.2, 0.25) is 55.4 Å². The van der Waals surface area contributed by atoms with E-state index in [1.165, 1.54) is 9.80 Å². The van der Waals surface area contributed by atoms with Gasteiger partial charge in [0.25, 0.3) is 11.8 Å². The second-order valence-electron chi connectivity index (χ2n) is 34.8. The standard InChI is InChI=1S/C43H57N5O9S.C42H55N5O9S/c1-42(20-21-42)58(53,54)47-41(52)43-25-29(43)15-9-5-3-4-7-13-28-22-37(49)57-36-17-11-14-27(36)12-8-6-10-16-33-39(45-34-23-30(55-2)18-19-32(34)44-33)56-31-24-35(38(50)46-43)48(26-31)40(28)51;1-54-29-17-20-32-34(22-29)44-39-33(43-32)15-9-5-7-11-26-13-10-16-36(26)56-37(48)21-27-12-6-3-2-4-8-14-28-24-42(28,41(51)46-57(52,53)31-18-19-31)45-38(49)35-23-30(55-39)25-47(35)40(27)50/h9,15,18-19,23,27-29,31,35-36H,3-8,10-14,16-17,20-22,24-26H2,1-2H3,(H,46,50)(H,47,52);8,14,17,20,22,26-28,30-31,35-36H,2-7,9-13,15-16,18-19,21,23-25H2,1H3,(H,45,49)(H,46,51)/b15-9-;14-8-/t27-,28-,29-,31-,35+,36-,43-;26-,27-,28-,30-,35+,36-,42-/m11/s1. The maximum atomic E-state index is 14.8. The van der Waals surface area contributed by atoms with Gasteiger partial charge in [-0.25, -0.2) is 36.8 Å². The summed E-state index contributed by atoms with van der Waals surface area (Å²) in [6.07, 6.45) is 29.9. The Morgan fingerprint density at radius 1 is 0.504 bits per heavy atom. The van der Waals surface area contributed by atoms with Gasteiger partial charge in [-0.15, -0.1) is 0 Å². The molecule has 2 saturated heterocycles. The average Bonchev–Trinajstić information content (AvgIpc) is 1.57. The number of aryl methyl sites for hydroxylation is 2. The lowest BCUT2D eigenvalue weighted by Crippen LogP contribution is -2.57. The molecular formula is C85H112N10O18S2. The molecule has 28 nitrogen and oxygen atoms in total. The fourth-order valence-electron chi connectivity index (χ4n) is 18.8. The number of hydrogen-bond donors (Lipinski definition) is 4. The molecule has 16 rings (SSSR count). The van der Waals surface area contributed by atoms with Crippen molar-refractivity contribution in [2.75, 3.05) is 27.3 Å². The molecule has 6 bridgehead atoms. The van der Waals surface area contributed by atoms with Gasteiger partial charge >= 0.3 is 11.9 Å². The molecular weight excluding hydrogens is 1510 g/mol. The van der Waals surface area contributed by atoms with Gasteiger partial charge in [-0.3, -0.25) is 47.8 Å². The summed E-state index contributed by atoms with van der Waals surface area (Å²) in [5.74, 6) is -3.95. The lowest BCUT2D eigenvalue weighted by atomic mass is 9.94. The molecule has 6 aliphatic heterocycles. The lowest BCUT2D eigenvalue weighted by molar-refractivity contribution is -0.156. The number of amides is 6. The van der Waals surface area contributed by atoms with E-state index in [4.69, 9.17) is 48.4 Å². The summed E-state index contributed by atoms with van der Waals surface area (Å²) < 4.78 is 92.3. The largest absolute Gasteiger partial charge is 0.497 e. The van der Waals surface area contributed by atoms with Gasteiger partial charge in [0.1, 0.15) is 70.5 Å². The number of sulfonamides is 2. The highest BCUT2D eigenvalue weighted by Crippen LogP contribution is 2.50. The van der Waals surface area contributed by atoms with Crippen molar-refractivity contribution in [1.82, 2.24) is 49.8 Å². The lowest BCUT2D eigenvalue weighted by Gasteiger charge is -2.30. The monoisotopic (exact) mass is 1620 g/mol. The highest BCUT2D eigenvalue weighted by molar-refractivity contribution is 7.91. The first-order chi connectivity index (χ1) is 55.4. The Morgan fingerprint density at radius 2 is 0.939 bits per heavy atom. The molecule has 0 unspecified atom stereocenters. The van der Waals surface area contributed by atoms with Crippen molar-refractivity contribution in [3.8, 4) is 23.3 Å². The molecule has 4 N–H and O–H groups in total. The summed E-state index contributed by atoms with van der Waals surface area (Å²) >= 11 is 0. The quantitative estimate of drug-likeness (QED) is 0.0941. The minimum absolute atomic E-state index is 0.0414. The zero-order valence-electron chi connectivity index (χ0n) is 66.5. The Hall–Kier alpha value is -8.54. The number of hydrogen-bond acceptors (Lipinski definition) is 22. The molecule has 6 amide bonds. The van der Waals surface area contributed by atoms with Crippen LogP contribution in [0.4, 0.5) is 0 Å². The highest BCUT2D eigenvalue weighted by atomic mass is 32.2. The number of nitrogens with one attached hydrogen (secondary N) is 4. The summed E-state index contributed by atoms with van der Waals surface area (Å²) in [6.45, 7) is 1.69. The topological polar surface area (TPSA) is 366 Å². The van der Waals surface area contributed by atoms with Crippen LogP contribution in [0.15, 0.2) is 60.7 Å². The number of carbonyl (C=O) groups excluding carboxylic acids is 8. The van der Waals surface area contributed by atoms with E-state index in [-0.39, 0.29) is 93.4 Å². The predicted octanol–water partition coefficient (Wildman–Crippen LogP) is 10.0. The van der Waals surface area contributed by atoms with Gasteiger partial charge in [0.05, 0.1) is 72.2 Å². The molecule has 0 spiro atoms. The van der Waals surface area contributed by atoms with Crippen molar-refractivity contribution in [1.29, 1.82) is 0 Å². The van der Waals surface area contributed by atoms with Gasteiger partial charge in [0.15, 0.2) is 0 Å². The molecule has 8 fully saturated rings. The molecule has 622 valence electrons. The number of aromatic nitrogens is 4. The van der Waals surface area contributed by atoms with Crippen LogP contribution in [0.3, 0.4) is 0 Å². The molecule has 30 heteroatoms. The number of benzene rings is 2. The molecule has 6 aliphatic carbocycles. The number of allylic oxidation sites excluding steroid dienone is 2. The van der Waals surface area contributed by atoms with Crippen molar-refractivity contribution in [3.05, 3.63) is 72.1 Å². The minimum atomic E-state index is -3.98. The molecule has 4 aromatic rings. The number of ether oxygens (including phenoxy) is 6. The van der Waals surface area contributed by atoms with E-state index in [2.05, 4.69) is 20.1 Å². The van der Waals surface area contributed by atoms with Crippen molar-refractivity contribution in [2.45, 2.75) is 296 Å². The summed E-state index contributed by atoms with van der Waals surface area (Å²) in [5.41, 5.74) is 0.987. The van der Waals surface area contributed by atoms with Crippen molar-refractivity contribution in [2.24, 2.45) is 35.5 Å². The van der Waals surface area contributed by atoms with Gasteiger partial charge in [-0.05, 0) is 197 Å². The minimum Gasteiger partial charge on any atom is -0.497 e. The van der Waals surface area contributed by atoms with Gasteiger partial charge in [0, 0.05) is 48.6 Å². The number of fused-ring (bicyclic) bond motifs is 12. The van der Waals surface area contributed by atoms with Crippen LogP contribution in [-0.4, -0.2) is 179 Å². The van der Waals surface area contributed by atoms with E-state index < -0.39 is 119 Å². The van der Waals surface area contributed by atoms with Crippen LogP contribution in [-0.2, 0) is 80.7 Å². The van der Waals surface area contributed by atoms with Crippen LogP contribution >= 0.6 is 0 Å². The summed E-state index contributed by atoms with van der Waals surface area (Å²) in [6, 6.07) is 8.89. The SMILES string of the molecule is COc1ccc2nc3c(nc2c1)O[C@@H]1C[C@H]2C(=O)N[C@]4(C(=O)NS(=O)(=O)C5(C)CC5)C[C@H]4/C=C\CCCCC[C@H](CC(=O)O[C@@H]4CCC[C@H]4CCCCC3)C(=O)N2C1.COc1ccc2nc3c(nc2c1)O[C@@H]1C[C@H]2C(=O)N[C@]4(C(=O)NS(=O)(=O)C5CC5)C[C@H]4/C=C\CCCCC[C@H](CC(=O)O[C@@H]4CCC[C@H]4CCCCC3)C(=O)N2C1. The smallest absolute Gasteiger partial charge is 0.306 e. The van der Waals surface area contributed by atoms with Crippen molar-refractivity contribution in [3.63, 3.8) is 0 Å². The third kappa shape index (κ3) is 18.6. The third-order valence-corrected chi connectivity index (χ3v) is 30.4. The van der Waals surface area contributed by atoms with E-state index >= 15 is 0 Å². The average molecular weight is 1630 g/mol. The first-order valence-electron chi connectivity index (χ1n) is 42.5. The van der Waals surface area contributed by atoms with Crippen LogP contribution in [0.2, 0.25) is 0 Å². The Bertz CT molecular complexity index is 4670. The van der Waals surface area contributed by atoms with E-state index in [0.29, 0.717) is 121 Å². The molecule has 8 heterocycles. The first kappa shape index (κ1) is 81.6. The summed E-state index contributed by atoms with van der Waals surface area (Å²) in [7, 11) is -4.69. The maximum Gasteiger partial charge on any atom is 0.306 e. The summed E-state index contributed by atoms with van der Waals surface area (Å²) in [5, 5.41) is 5.27. The van der Waals surface area contributed by atoms with Crippen LogP contribution < -0.4 is 39.0 Å². The normalized spacial score (nSPS) is 32.3. The first-order valence-corrected chi connectivity index (χ1v) is 45.6. The van der Waals surface area contributed by atoms with Gasteiger partial charge in [-0.1, -0.05) is 75.7 Å². The van der Waals surface area contributed by atoms with Crippen LogP contribution in [0.1, 0.15) is 237 Å². The molecule has 0 radical (unpaired) electrons. The maximum absolute atomic E-state index is 14.8. The number of methoxy groups -OCH3 is 2. The summed E-state index contributed by atoms with van der Waals surface area (Å²) in [4.78, 5) is 137. The fraction of sp³-hybridized carbons (Fsp3) is 0.671. The Kier molecular flexibility index (Phi) is 24.5. The second-order valence-corrected chi connectivity index (χ2v) is 39.0. The number of carbonyl (C=O) groups is 8. The molecule has 2 aromatic heterocycles. The second kappa shape index (κ2) is 34.6. The van der Waals surface area contributed by atoms with Crippen LogP contribution in [0.5, 0.6) is 23.3 Å². The Morgan fingerprint density at radius 3 is 1.38 bits per heavy atom. The molecule has 6 saturated carbocycles. The van der Waals surface area contributed by atoms with Crippen LogP contribution in [0.25, 0.3) is 22.1 Å². The predicted molar refractivity (Wildman–Crippen MR) is 423 cm³/mol.